The molecule has 1 aliphatic rings. The largest absolute Gasteiger partial charge is 0.316 e. The molecule has 1 heterocycles. The molecule has 0 aliphatic carbocycles. The summed E-state index contributed by atoms with van der Waals surface area (Å²) in [6.07, 6.45) is 3.67. The van der Waals surface area contributed by atoms with Gasteiger partial charge in [-0.3, -0.25) is 0 Å². The Morgan fingerprint density at radius 3 is 1.24 bits per heavy atom. The minimum Gasteiger partial charge on any atom is -0.316 e. The van der Waals surface area contributed by atoms with Crippen LogP contribution >= 0.6 is 0 Å². The van der Waals surface area contributed by atoms with Crippen LogP contribution in [0.4, 0.5) is 26.3 Å². The normalized spacial score (nSPS) is 13.8. The Hall–Kier alpha value is -4.62. The molecule has 0 unspecified atom stereocenters. The lowest BCUT2D eigenvalue weighted by molar-refractivity contribution is -0.953. The summed E-state index contributed by atoms with van der Waals surface area (Å²) in [5, 5.41) is 3.47. The summed E-state index contributed by atoms with van der Waals surface area (Å²) in [4.78, 5) is 0. The molecule has 6 aromatic rings. The van der Waals surface area contributed by atoms with Gasteiger partial charge in [-0.25, -0.2) is 26.3 Å². The molecule has 7 heteroatoms. The zero-order valence-corrected chi connectivity index (χ0v) is 27.5. The van der Waals surface area contributed by atoms with Crippen molar-refractivity contribution < 1.29 is 30.8 Å². The van der Waals surface area contributed by atoms with Gasteiger partial charge in [0.25, 0.3) is 0 Å². The standard InChI is InChI=1S/C42H36F6N/c1-3-5-15-49(16-6-4-2)23-33-31(27-19-35(43)41(47)36(44)20-27)17-25-11-7-9-13-29(25)39(33)40-30-14-10-8-12-26(30)18-32(34(40)24-49)28-21-37(45)42(48)38(46)22-28/h7-14,17-22H,3-6,15-16,23-24H2,1-2H3/q+1. The van der Waals surface area contributed by atoms with Crippen LogP contribution in [-0.4, -0.2) is 17.6 Å². The summed E-state index contributed by atoms with van der Waals surface area (Å²) in [6.45, 7) is 6.83. The molecule has 7 rings (SSSR count). The lowest BCUT2D eigenvalue weighted by Crippen LogP contribution is -2.47. The van der Waals surface area contributed by atoms with E-state index >= 15 is 0 Å². The van der Waals surface area contributed by atoms with Crippen molar-refractivity contribution in [1.82, 2.24) is 0 Å². The Bertz CT molecular complexity index is 2040. The molecule has 49 heavy (non-hydrogen) atoms. The highest BCUT2D eigenvalue weighted by atomic mass is 19.2. The van der Waals surface area contributed by atoms with E-state index in [-0.39, 0.29) is 11.1 Å². The minimum absolute atomic E-state index is 0.231. The van der Waals surface area contributed by atoms with Crippen LogP contribution < -0.4 is 0 Å². The highest BCUT2D eigenvalue weighted by molar-refractivity contribution is 6.11. The van der Waals surface area contributed by atoms with Gasteiger partial charge in [0.2, 0.25) is 0 Å². The molecule has 0 spiro atoms. The Kier molecular flexibility index (Phi) is 8.74. The highest BCUT2D eigenvalue weighted by Crippen LogP contribution is 2.50. The number of nitrogens with zero attached hydrogens (tertiary/aromatic N) is 1. The molecule has 0 fully saturated rings. The van der Waals surface area contributed by atoms with Crippen molar-refractivity contribution in [3.05, 3.63) is 131 Å². The van der Waals surface area contributed by atoms with Gasteiger partial charge in [-0.2, -0.15) is 0 Å². The quantitative estimate of drug-likeness (QED) is 0.0860. The number of hydrogen-bond donors (Lipinski definition) is 0. The van der Waals surface area contributed by atoms with Gasteiger partial charge in [0.1, 0.15) is 13.1 Å². The summed E-state index contributed by atoms with van der Waals surface area (Å²) in [7, 11) is 0. The maximum atomic E-state index is 14.9. The van der Waals surface area contributed by atoms with Gasteiger partial charge >= 0.3 is 0 Å². The average molecular weight is 669 g/mol. The van der Waals surface area contributed by atoms with E-state index in [1.165, 1.54) is 0 Å². The van der Waals surface area contributed by atoms with Gasteiger partial charge in [-0.15, -0.1) is 0 Å². The molecule has 0 saturated heterocycles. The van der Waals surface area contributed by atoms with Crippen molar-refractivity contribution >= 4 is 21.5 Å². The van der Waals surface area contributed by atoms with Crippen LogP contribution in [-0.2, 0) is 13.1 Å². The van der Waals surface area contributed by atoms with E-state index in [1.807, 2.05) is 60.7 Å². The first kappa shape index (κ1) is 32.9. The molecule has 0 aromatic heterocycles. The Morgan fingerprint density at radius 2 is 0.878 bits per heavy atom. The van der Waals surface area contributed by atoms with E-state index in [2.05, 4.69) is 13.8 Å². The SMILES string of the molecule is CCCC[N+]1(CCCC)Cc2c(-c3cc(F)c(F)c(F)c3)cc3ccccc3c2-c2c(c(-c3cc(F)c(F)c(F)c3)cc3ccccc23)C1. The van der Waals surface area contributed by atoms with Crippen LogP contribution in [0.25, 0.3) is 54.9 Å². The molecule has 0 amide bonds. The zero-order chi connectivity index (χ0) is 34.4. The fourth-order valence-corrected chi connectivity index (χ4v) is 7.76. The Balaban J connectivity index is 1.69. The van der Waals surface area contributed by atoms with Gasteiger partial charge in [-0.1, -0.05) is 75.2 Å². The van der Waals surface area contributed by atoms with Crippen LogP contribution in [0.1, 0.15) is 50.7 Å². The molecular formula is C42H36F6N+. The van der Waals surface area contributed by atoms with E-state index in [1.54, 1.807) is 0 Å². The van der Waals surface area contributed by atoms with E-state index in [0.29, 0.717) is 28.7 Å². The average Bonchev–Trinajstić information content (AvgIpc) is 3.25. The highest BCUT2D eigenvalue weighted by Gasteiger charge is 2.38. The summed E-state index contributed by atoms with van der Waals surface area (Å²) < 4.78 is 88.9. The second-order valence-corrected chi connectivity index (χ2v) is 13.3. The number of unbranched alkanes of at least 4 members (excludes halogenated alkanes) is 2. The van der Waals surface area contributed by atoms with Crippen molar-refractivity contribution in [3.8, 4) is 33.4 Å². The topological polar surface area (TPSA) is 0 Å². The number of fused-ring (bicyclic) bond motifs is 7. The number of quaternary nitrogens is 1. The lowest BCUT2D eigenvalue weighted by atomic mass is 9.82. The second kappa shape index (κ2) is 13.0. The molecule has 0 N–H and O–H groups in total. The summed E-state index contributed by atoms with van der Waals surface area (Å²) >= 11 is 0. The van der Waals surface area contributed by atoms with Gasteiger partial charge in [0.15, 0.2) is 34.9 Å². The van der Waals surface area contributed by atoms with E-state index in [0.717, 1.165) is 107 Å². The molecule has 1 nitrogen and oxygen atoms in total. The van der Waals surface area contributed by atoms with Crippen LogP contribution in [0.3, 0.4) is 0 Å². The molecule has 1 aliphatic heterocycles. The lowest BCUT2D eigenvalue weighted by Gasteiger charge is -2.39. The third-order valence-electron chi connectivity index (χ3n) is 10.1. The molecule has 0 saturated carbocycles. The molecule has 0 radical (unpaired) electrons. The number of rotatable bonds is 8. The fraction of sp³-hybridized carbons (Fsp3) is 0.238. The first-order valence-corrected chi connectivity index (χ1v) is 16.9. The van der Waals surface area contributed by atoms with Crippen molar-refractivity contribution in [1.29, 1.82) is 0 Å². The first-order chi connectivity index (χ1) is 23.6. The van der Waals surface area contributed by atoms with Crippen molar-refractivity contribution in [2.45, 2.75) is 52.6 Å². The maximum Gasteiger partial charge on any atom is 0.194 e. The molecular weight excluding hydrogens is 632 g/mol. The first-order valence-electron chi connectivity index (χ1n) is 16.9. The summed E-state index contributed by atoms with van der Waals surface area (Å²) in [5.41, 5.74) is 5.13. The maximum absolute atomic E-state index is 14.9. The van der Waals surface area contributed by atoms with Gasteiger partial charge < -0.3 is 4.48 Å². The van der Waals surface area contributed by atoms with E-state index < -0.39 is 34.9 Å². The predicted octanol–water partition coefficient (Wildman–Crippen LogP) is 12.3. The third kappa shape index (κ3) is 5.78. The van der Waals surface area contributed by atoms with Crippen LogP contribution in [0, 0.1) is 34.9 Å². The Morgan fingerprint density at radius 1 is 0.510 bits per heavy atom. The molecule has 6 aromatic carbocycles. The smallest absolute Gasteiger partial charge is 0.194 e. The van der Waals surface area contributed by atoms with Crippen molar-refractivity contribution in [2.24, 2.45) is 0 Å². The third-order valence-corrected chi connectivity index (χ3v) is 10.1. The van der Waals surface area contributed by atoms with Crippen LogP contribution in [0.15, 0.2) is 84.9 Å². The van der Waals surface area contributed by atoms with Crippen LogP contribution in [0.5, 0.6) is 0 Å². The predicted molar refractivity (Wildman–Crippen MR) is 185 cm³/mol. The monoisotopic (exact) mass is 668 g/mol. The Labute approximate surface area is 282 Å². The fourth-order valence-electron chi connectivity index (χ4n) is 7.76. The number of benzene rings is 6. The second-order valence-electron chi connectivity index (χ2n) is 13.3. The van der Waals surface area contributed by atoms with Gasteiger partial charge in [-0.05, 0) is 93.0 Å². The summed E-state index contributed by atoms with van der Waals surface area (Å²) in [5.74, 6) is -8.11. The minimum atomic E-state index is -1.52. The number of hydrogen-bond acceptors (Lipinski definition) is 0. The molecule has 0 bridgehead atoms. The summed E-state index contributed by atoms with van der Waals surface area (Å²) in [6, 6.07) is 23.7. The van der Waals surface area contributed by atoms with Gasteiger partial charge in [0.05, 0.1) is 13.1 Å². The van der Waals surface area contributed by atoms with E-state index in [4.69, 9.17) is 0 Å². The van der Waals surface area contributed by atoms with Crippen molar-refractivity contribution in [2.75, 3.05) is 13.1 Å². The molecule has 0 atom stereocenters. The van der Waals surface area contributed by atoms with E-state index in [9.17, 15) is 26.3 Å². The van der Waals surface area contributed by atoms with Crippen molar-refractivity contribution in [3.63, 3.8) is 0 Å². The number of halogens is 6. The van der Waals surface area contributed by atoms with Gasteiger partial charge in [0, 0.05) is 22.3 Å². The molecule has 250 valence electrons. The zero-order valence-electron chi connectivity index (χ0n) is 27.5. The van der Waals surface area contributed by atoms with Crippen LogP contribution in [0.2, 0.25) is 0 Å².